The molecule has 0 aromatic rings. The molecule has 118 valence electrons. The standard InChI is InChI=1S/C12H16F6O2/c1-4-7(6-11(13,14)15)8(19)5-9(20)10(2,3)12(16,17)18/h7H,4-6H2,1-3H3. The van der Waals surface area contributed by atoms with Crippen LogP contribution in [-0.2, 0) is 9.59 Å². The quantitative estimate of drug-likeness (QED) is 0.547. The van der Waals surface area contributed by atoms with Crippen molar-refractivity contribution in [3.63, 3.8) is 0 Å². The van der Waals surface area contributed by atoms with E-state index in [1.54, 1.807) is 0 Å². The summed E-state index contributed by atoms with van der Waals surface area (Å²) >= 11 is 0. The lowest BCUT2D eigenvalue weighted by Gasteiger charge is -2.26. The molecule has 0 aromatic heterocycles. The second kappa shape index (κ2) is 6.13. The van der Waals surface area contributed by atoms with Crippen LogP contribution in [0.1, 0.15) is 40.0 Å². The molecule has 20 heavy (non-hydrogen) atoms. The Morgan fingerprint density at radius 2 is 1.45 bits per heavy atom. The van der Waals surface area contributed by atoms with Crippen molar-refractivity contribution in [1.82, 2.24) is 0 Å². The van der Waals surface area contributed by atoms with E-state index in [1.807, 2.05) is 0 Å². The van der Waals surface area contributed by atoms with Gasteiger partial charge in [0, 0.05) is 5.92 Å². The first kappa shape index (κ1) is 18.9. The van der Waals surface area contributed by atoms with Crippen LogP contribution < -0.4 is 0 Å². The molecule has 0 radical (unpaired) electrons. The van der Waals surface area contributed by atoms with E-state index in [2.05, 4.69) is 0 Å². The first-order valence-electron chi connectivity index (χ1n) is 5.92. The molecule has 0 amide bonds. The van der Waals surface area contributed by atoms with Gasteiger partial charge in [-0.2, -0.15) is 26.3 Å². The highest BCUT2D eigenvalue weighted by molar-refractivity contribution is 6.02. The lowest BCUT2D eigenvalue weighted by atomic mass is 9.82. The van der Waals surface area contributed by atoms with Crippen LogP contribution in [0.3, 0.4) is 0 Å². The van der Waals surface area contributed by atoms with E-state index in [-0.39, 0.29) is 6.42 Å². The number of Topliss-reactive ketones (excluding diaryl/α,β-unsaturated/α-hetero) is 2. The van der Waals surface area contributed by atoms with Crippen LogP contribution in [0.25, 0.3) is 0 Å². The van der Waals surface area contributed by atoms with Crippen molar-refractivity contribution in [2.45, 2.75) is 52.4 Å². The van der Waals surface area contributed by atoms with Gasteiger partial charge in [0.05, 0.1) is 12.8 Å². The van der Waals surface area contributed by atoms with Gasteiger partial charge in [-0.3, -0.25) is 9.59 Å². The molecule has 0 spiro atoms. The Balaban J connectivity index is 4.87. The van der Waals surface area contributed by atoms with E-state index in [4.69, 9.17) is 0 Å². The number of carbonyl (C=O) groups is 2. The molecule has 0 fully saturated rings. The fourth-order valence-corrected chi connectivity index (χ4v) is 1.45. The number of alkyl halides is 6. The summed E-state index contributed by atoms with van der Waals surface area (Å²) in [5, 5.41) is 0. The monoisotopic (exact) mass is 306 g/mol. The Bertz CT molecular complexity index is 367. The summed E-state index contributed by atoms with van der Waals surface area (Å²) in [5.74, 6) is -4.01. The Labute approximate surface area is 112 Å². The molecule has 1 atom stereocenters. The molecule has 0 heterocycles. The molecule has 0 aliphatic rings. The zero-order chi connectivity index (χ0) is 16.4. The molecular weight excluding hydrogens is 290 g/mol. The van der Waals surface area contributed by atoms with Gasteiger partial charge in [0.15, 0.2) is 5.78 Å². The van der Waals surface area contributed by atoms with Gasteiger partial charge < -0.3 is 0 Å². The summed E-state index contributed by atoms with van der Waals surface area (Å²) in [7, 11) is 0. The maximum absolute atomic E-state index is 12.6. The molecule has 0 N–H and O–H groups in total. The molecule has 0 aromatic carbocycles. The summed E-state index contributed by atoms with van der Waals surface area (Å²) < 4.78 is 74.3. The van der Waals surface area contributed by atoms with Crippen molar-refractivity contribution in [2.75, 3.05) is 0 Å². The van der Waals surface area contributed by atoms with E-state index < -0.39 is 48.1 Å². The third kappa shape index (κ3) is 5.13. The topological polar surface area (TPSA) is 34.1 Å². The molecular formula is C12H16F6O2. The molecule has 2 nitrogen and oxygen atoms in total. The van der Waals surface area contributed by atoms with Crippen molar-refractivity contribution < 1.29 is 35.9 Å². The fourth-order valence-electron chi connectivity index (χ4n) is 1.45. The third-order valence-electron chi connectivity index (χ3n) is 3.17. The second-order valence-electron chi connectivity index (χ2n) is 5.11. The lowest BCUT2D eigenvalue weighted by Crippen LogP contribution is -2.41. The highest BCUT2D eigenvalue weighted by Gasteiger charge is 2.52. The average Bonchev–Trinajstić information content (AvgIpc) is 2.22. The van der Waals surface area contributed by atoms with Crippen molar-refractivity contribution in [3.8, 4) is 0 Å². The third-order valence-corrected chi connectivity index (χ3v) is 3.17. The predicted molar refractivity (Wildman–Crippen MR) is 58.9 cm³/mol. The minimum absolute atomic E-state index is 0.182. The maximum Gasteiger partial charge on any atom is 0.400 e. The number of halogens is 6. The molecule has 0 saturated heterocycles. The second-order valence-corrected chi connectivity index (χ2v) is 5.11. The van der Waals surface area contributed by atoms with E-state index >= 15 is 0 Å². The van der Waals surface area contributed by atoms with Crippen molar-refractivity contribution >= 4 is 11.6 Å². The van der Waals surface area contributed by atoms with Crippen LogP contribution >= 0.6 is 0 Å². The Hall–Kier alpha value is -1.08. The fraction of sp³-hybridized carbons (Fsp3) is 0.833. The van der Waals surface area contributed by atoms with Crippen molar-refractivity contribution in [2.24, 2.45) is 11.3 Å². The van der Waals surface area contributed by atoms with Gasteiger partial charge in [0.2, 0.25) is 0 Å². The normalized spacial score (nSPS) is 15.1. The van der Waals surface area contributed by atoms with E-state index in [0.717, 1.165) is 0 Å². The predicted octanol–water partition coefficient (Wildman–Crippen LogP) is 4.08. The Morgan fingerprint density at radius 3 is 1.75 bits per heavy atom. The molecule has 0 bridgehead atoms. The highest BCUT2D eigenvalue weighted by Crippen LogP contribution is 2.39. The lowest BCUT2D eigenvalue weighted by molar-refractivity contribution is -0.210. The Kier molecular flexibility index (Phi) is 5.80. The molecule has 8 heteroatoms. The molecule has 0 aliphatic carbocycles. The summed E-state index contributed by atoms with van der Waals surface area (Å²) in [4.78, 5) is 23.0. The van der Waals surface area contributed by atoms with Gasteiger partial charge in [-0.1, -0.05) is 6.92 Å². The van der Waals surface area contributed by atoms with E-state index in [9.17, 15) is 35.9 Å². The van der Waals surface area contributed by atoms with Crippen LogP contribution in [-0.4, -0.2) is 23.9 Å². The smallest absolute Gasteiger partial charge is 0.299 e. The molecule has 0 rings (SSSR count). The summed E-state index contributed by atoms with van der Waals surface area (Å²) in [6.45, 7) is 2.52. The molecule has 0 aliphatic heterocycles. The summed E-state index contributed by atoms with van der Waals surface area (Å²) in [5.41, 5.74) is -2.75. The van der Waals surface area contributed by atoms with Crippen molar-refractivity contribution in [1.29, 1.82) is 0 Å². The number of hydrogen-bond donors (Lipinski definition) is 0. The SMILES string of the molecule is CCC(CC(F)(F)F)C(=O)CC(=O)C(C)(C)C(F)(F)F. The van der Waals surface area contributed by atoms with Crippen molar-refractivity contribution in [3.05, 3.63) is 0 Å². The Morgan fingerprint density at radius 1 is 1.00 bits per heavy atom. The van der Waals surface area contributed by atoms with Gasteiger partial charge in [-0.15, -0.1) is 0 Å². The number of rotatable bonds is 6. The van der Waals surface area contributed by atoms with E-state index in [1.165, 1.54) is 6.92 Å². The largest absolute Gasteiger partial charge is 0.400 e. The summed E-state index contributed by atoms with van der Waals surface area (Å²) in [6.07, 6.45) is -12.2. The van der Waals surface area contributed by atoms with Gasteiger partial charge in [-0.25, -0.2) is 0 Å². The number of ketones is 2. The highest BCUT2D eigenvalue weighted by atomic mass is 19.4. The van der Waals surface area contributed by atoms with Gasteiger partial charge in [0.1, 0.15) is 11.2 Å². The summed E-state index contributed by atoms with van der Waals surface area (Å²) in [6, 6.07) is 0. The minimum Gasteiger partial charge on any atom is -0.299 e. The number of carbonyl (C=O) groups excluding carboxylic acids is 2. The first-order chi connectivity index (χ1) is 8.72. The van der Waals surface area contributed by atoms with Crippen LogP contribution in [0.5, 0.6) is 0 Å². The first-order valence-corrected chi connectivity index (χ1v) is 5.92. The van der Waals surface area contributed by atoms with Gasteiger partial charge in [0.25, 0.3) is 0 Å². The minimum atomic E-state index is -4.85. The van der Waals surface area contributed by atoms with Gasteiger partial charge in [-0.05, 0) is 20.3 Å². The van der Waals surface area contributed by atoms with Gasteiger partial charge >= 0.3 is 12.4 Å². The van der Waals surface area contributed by atoms with E-state index in [0.29, 0.717) is 13.8 Å². The number of hydrogen-bond acceptors (Lipinski definition) is 2. The molecule has 1 unspecified atom stereocenters. The average molecular weight is 306 g/mol. The van der Waals surface area contributed by atoms with Crippen LogP contribution in [0.4, 0.5) is 26.3 Å². The van der Waals surface area contributed by atoms with Crippen LogP contribution in [0.2, 0.25) is 0 Å². The van der Waals surface area contributed by atoms with Crippen LogP contribution in [0, 0.1) is 11.3 Å². The maximum atomic E-state index is 12.6. The van der Waals surface area contributed by atoms with Crippen LogP contribution in [0.15, 0.2) is 0 Å². The zero-order valence-corrected chi connectivity index (χ0v) is 11.3. The zero-order valence-electron chi connectivity index (χ0n) is 11.3. The molecule has 0 saturated carbocycles.